The molecule has 1 aliphatic rings. The molecule has 1 aliphatic carbocycles. The van der Waals surface area contributed by atoms with Gasteiger partial charge in [0.25, 0.3) is 0 Å². The summed E-state index contributed by atoms with van der Waals surface area (Å²) in [5.74, 6) is 3.43. The molecule has 0 fully saturated rings. The molecule has 6 heteroatoms. The first-order valence-electron chi connectivity index (χ1n) is 19.3. The lowest BCUT2D eigenvalue weighted by Crippen LogP contribution is -2.03. The quantitative estimate of drug-likeness (QED) is 0.170. The van der Waals surface area contributed by atoms with Gasteiger partial charge in [-0.2, -0.15) is 0 Å². The Morgan fingerprint density at radius 2 is 0.965 bits per heavy atom. The summed E-state index contributed by atoms with van der Waals surface area (Å²) in [5, 5.41) is 4.48. The van der Waals surface area contributed by atoms with E-state index in [9.17, 15) is 0 Å². The van der Waals surface area contributed by atoms with E-state index in [4.69, 9.17) is 24.9 Å². The maximum Gasteiger partial charge on any atom is 0.164 e. The van der Waals surface area contributed by atoms with Crippen LogP contribution >= 0.6 is 0 Å². The molecule has 0 spiro atoms. The van der Waals surface area contributed by atoms with Gasteiger partial charge in [-0.05, 0) is 52.4 Å². The van der Waals surface area contributed by atoms with Crippen molar-refractivity contribution in [1.82, 2.24) is 29.3 Å². The summed E-state index contributed by atoms with van der Waals surface area (Å²) in [4.78, 5) is 25.8. The van der Waals surface area contributed by atoms with Crippen LogP contribution in [0.2, 0.25) is 0 Å². The molecule has 6 nitrogen and oxygen atoms in total. The van der Waals surface area contributed by atoms with Gasteiger partial charge < -0.3 is 0 Å². The molecule has 0 aliphatic heterocycles. The molecule has 0 atom stereocenters. The highest BCUT2D eigenvalue weighted by molar-refractivity contribution is 6.06. The summed E-state index contributed by atoms with van der Waals surface area (Å²) in [7, 11) is 0. The third kappa shape index (κ3) is 5.86. The van der Waals surface area contributed by atoms with Gasteiger partial charge in [0.15, 0.2) is 23.3 Å². The Morgan fingerprint density at radius 1 is 0.404 bits per heavy atom. The second kappa shape index (κ2) is 13.6. The van der Waals surface area contributed by atoms with Gasteiger partial charge in [0.1, 0.15) is 11.5 Å². The van der Waals surface area contributed by atoms with Crippen LogP contribution in [0.3, 0.4) is 0 Å². The molecule has 3 aromatic heterocycles. The molecule has 268 valence electrons. The van der Waals surface area contributed by atoms with E-state index in [-0.39, 0.29) is 0 Å². The lowest BCUT2D eigenvalue weighted by atomic mass is 9.95. The largest absolute Gasteiger partial charge is 0.277 e. The smallest absolute Gasteiger partial charge is 0.164 e. The number of aromatic nitrogens is 6. The van der Waals surface area contributed by atoms with Crippen LogP contribution in [-0.4, -0.2) is 29.3 Å². The van der Waals surface area contributed by atoms with Gasteiger partial charge in [-0.1, -0.05) is 170 Å². The molecular weight excluding hydrogens is 697 g/mol. The van der Waals surface area contributed by atoms with Gasteiger partial charge >= 0.3 is 0 Å². The highest BCUT2D eigenvalue weighted by Gasteiger charge is 2.21. The van der Waals surface area contributed by atoms with Gasteiger partial charge in [-0.3, -0.25) is 4.40 Å². The molecule has 11 rings (SSSR count). The summed E-state index contributed by atoms with van der Waals surface area (Å²) in [6.45, 7) is 0. The first-order chi connectivity index (χ1) is 28.2. The number of allylic oxidation sites excluding steroid dienone is 1. The molecule has 0 radical (unpaired) electrons. The Morgan fingerprint density at radius 3 is 1.74 bits per heavy atom. The number of aryl methyl sites for hydroxylation is 1. The fraction of sp³-hybridized carbons (Fsp3) is 0.0392. The first-order valence-corrected chi connectivity index (χ1v) is 19.3. The van der Waals surface area contributed by atoms with Crippen LogP contribution in [0, 0.1) is 0 Å². The minimum absolute atomic E-state index is 0.619. The number of rotatable bonds is 6. The number of hydrogen-bond donors (Lipinski definition) is 0. The fourth-order valence-corrected chi connectivity index (χ4v) is 8.04. The van der Waals surface area contributed by atoms with Gasteiger partial charge in [0.05, 0.1) is 5.69 Å². The van der Waals surface area contributed by atoms with Crippen molar-refractivity contribution in [2.24, 2.45) is 0 Å². The Hall–Kier alpha value is -7.57. The first kappa shape index (κ1) is 32.8. The average Bonchev–Trinajstić information content (AvgIpc) is 3.63. The van der Waals surface area contributed by atoms with Crippen LogP contribution in [-0.2, 0) is 6.42 Å². The van der Waals surface area contributed by atoms with E-state index < -0.39 is 0 Å². The zero-order valence-electron chi connectivity index (χ0n) is 30.9. The molecule has 0 bridgehead atoms. The second-order valence-corrected chi connectivity index (χ2v) is 14.5. The number of fused-ring (bicyclic) bond motifs is 5. The maximum atomic E-state index is 5.23. The van der Waals surface area contributed by atoms with E-state index in [1.807, 2.05) is 24.3 Å². The summed E-state index contributed by atoms with van der Waals surface area (Å²) in [5.41, 5.74) is 10.3. The van der Waals surface area contributed by atoms with Crippen LogP contribution in [0.25, 0.3) is 101 Å². The van der Waals surface area contributed by atoms with Crippen molar-refractivity contribution in [1.29, 1.82) is 0 Å². The van der Waals surface area contributed by atoms with Crippen molar-refractivity contribution in [2.75, 3.05) is 0 Å². The van der Waals surface area contributed by atoms with E-state index in [2.05, 4.69) is 162 Å². The fourth-order valence-electron chi connectivity index (χ4n) is 8.04. The number of benzene rings is 7. The molecule has 0 unspecified atom stereocenters. The zero-order chi connectivity index (χ0) is 37.7. The Labute approximate surface area is 329 Å². The summed E-state index contributed by atoms with van der Waals surface area (Å²) in [6, 6.07) is 58.9. The molecule has 57 heavy (non-hydrogen) atoms. The molecule has 0 saturated heterocycles. The third-order valence-electron chi connectivity index (χ3n) is 10.9. The maximum absolute atomic E-state index is 5.23. The Balaban J connectivity index is 1.08. The molecule has 10 aromatic rings. The Bertz CT molecular complexity index is 3170. The Kier molecular flexibility index (Phi) is 7.84. The second-order valence-electron chi connectivity index (χ2n) is 14.5. The van der Waals surface area contributed by atoms with E-state index >= 15 is 0 Å². The van der Waals surface area contributed by atoms with Gasteiger partial charge in [-0.25, -0.2) is 24.9 Å². The van der Waals surface area contributed by atoms with E-state index in [1.54, 1.807) is 0 Å². The molecule has 3 heterocycles. The van der Waals surface area contributed by atoms with Crippen LogP contribution in [0.5, 0.6) is 0 Å². The van der Waals surface area contributed by atoms with Gasteiger partial charge in [-0.15, -0.1) is 0 Å². The summed E-state index contributed by atoms with van der Waals surface area (Å²) < 4.78 is 2.21. The highest BCUT2D eigenvalue weighted by Crippen LogP contribution is 2.38. The van der Waals surface area contributed by atoms with Crippen LogP contribution in [0.1, 0.15) is 17.5 Å². The molecule has 0 saturated carbocycles. The van der Waals surface area contributed by atoms with Crippen LogP contribution in [0.4, 0.5) is 0 Å². The standard InChI is InChI=1S/C51H34N6/c1-3-15-36(16-4-1)47-55-50(38-17-5-2-6-18-38)57-45(43-21-11-12-22-44(43)51(57)56-47)35-25-27-37(28-26-35)46-52-48(41-29-23-33-13-7-9-19-39(33)31-41)54-49(53-46)42-30-24-34-14-8-10-20-40(34)32-42/h1-7,9-13,15-32H,8,14H2. The molecule has 0 amide bonds. The lowest BCUT2D eigenvalue weighted by Gasteiger charge is -2.14. The molecule has 7 aromatic carbocycles. The summed E-state index contributed by atoms with van der Waals surface area (Å²) in [6.07, 6.45) is 6.55. The predicted molar refractivity (Wildman–Crippen MR) is 231 cm³/mol. The van der Waals surface area contributed by atoms with Crippen molar-refractivity contribution >= 4 is 33.3 Å². The van der Waals surface area contributed by atoms with Gasteiger partial charge in [0.2, 0.25) is 0 Å². The minimum Gasteiger partial charge on any atom is -0.277 e. The lowest BCUT2D eigenvalue weighted by molar-refractivity contribution is 0.985. The van der Waals surface area contributed by atoms with Crippen molar-refractivity contribution in [3.8, 4) is 68.2 Å². The van der Waals surface area contributed by atoms with Crippen LogP contribution < -0.4 is 0 Å². The summed E-state index contributed by atoms with van der Waals surface area (Å²) >= 11 is 0. The van der Waals surface area contributed by atoms with Crippen molar-refractivity contribution in [2.45, 2.75) is 12.8 Å². The molecule has 0 N–H and O–H groups in total. The third-order valence-corrected chi connectivity index (χ3v) is 10.9. The highest BCUT2D eigenvalue weighted by atomic mass is 15.1. The van der Waals surface area contributed by atoms with Crippen molar-refractivity contribution in [3.05, 3.63) is 187 Å². The minimum atomic E-state index is 0.619. The zero-order valence-corrected chi connectivity index (χ0v) is 30.9. The topological polar surface area (TPSA) is 68.9 Å². The normalized spacial score (nSPS) is 12.4. The number of hydrogen-bond acceptors (Lipinski definition) is 5. The van der Waals surface area contributed by atoms with Crippen molar-refractivity contribution < 1.29 is 0 Å². The SMILES string of the molecule is C1=Cc2cc(-c3nc(-c4ccc(-c5c6ccccc6c6nc(-c7ccccc7)nc(-c7ccccc7)n56)cc4)nc(-c4ccc5ccccc5c4)n3)ccc2CC1. The monoisotopic (exact) mass is 730 g/mol. The van der Waals surface area contributed by atoms with E-state index in [0.717, 1.165) is 79.5 Å². The van der Waals surface area contributed by atoms with Gasteiger partial charge in [0, 0.05) is 38.6 Å². The predicted octanol–water partition coefficient (Wildman–Crippen LogP) is 12.2. The van der Waals surface area contributed by atoms with E-state index in [0.29, 0.717) is 23.3 Å². The molecular formula is C51H34N6. The van der Waals surface area contributed by atoms with Crippen molar-refractivity contribution in [3.63, 3.8) is 0 Å². The average molecular weight is 731 g/mol. The number of nitrogens with zero attached hydrogens (tertiary/aromatic N) is 6. The van der Waals surface area contributed by atoms with E-state index in [1.165, 1.54) is 16.5 Å². The van der Waals surface area contributed by atoms with Crippen LogP contribution in [0.15, 0.2) is 176 Å².